The molecule has 0 spiro atoms. The van der Waals surface area contributed by atoms with Crippen molar-refractivity contribution in [2.75, 3.05) is 25.5 Å². The van der Waals surface area contributed by atoms with E-state index in [4.69, 9.17) is 0 Å². The van der Waals surface area contributed by atoms with Crippen molar-refractivity contribution in [1.82, 2.24) is 10.3 Å². The first-order chi connectivity index (χ1) is 8.31. The van der Waals surface area contributed by atoms with Gasteiger partial charge in [-0.1, -0.05) is 25.1 Å². The summed E-state index contributed by atoms with van der Waals surface area (Å²) in [5.74, 6) is 0.604. The molecule has 0 aliphatic carbocycles. The third kappa shape index (κ3) is 2.94. The van der Waals surface area contributed by atoms with Crippen molar-refractivity contribution in [3.63, 3.8) is 0 Å². The molecular weight excluding hydrogens is 210 g/mol. The van der Waals surface area contributed by atoms with Gasteiger partial charge in [-0.15, -0.1) is 0 Å². The lowest BCUT2D eigenvalue weighted by Crippen LogP contribution is -2.22. The Hall–Kier alpha value is -1.61. The molecule has 0 aliphatic rings. The number of fused-ring (bicyclic) bond motifs is 1. The Labute approximate surface area is 102 Å². The molecule has 1 atom stereocenters. The van der Waals surface area contributed by atoms with Crippen LogP contribution < -0.4 is 10.6 Å². The smallest absolute Gasteiger partial charge is 0.0722 e. The van der Waals surface area contributed by atoms with Gasteiger partial charge in [0.15, 0.2) is 0 Å². The fraction of sp³-hybridized carbons (Fsp3) is 0.357. The lowest BCUT2D eigenvalue weighted by molar-refractivity contribution is 0.570. The Morgan fingerprint density at radius 1 is 1.18 bits per heavy atom. The van der Waals surface area contributed by atoms with Gasteiger partial charge in [-0.25, -0.2) is 0 Å². The van der Waals surface area contributed by atoms with Crippen molar-refractivity contribution in [2.45, 2.75) is 6.92 Å². The van der Waals surface area contributed by atoms with Gasteiger partial charge in [-0.05, 0) is 31.6 Å². The average Bonchev–Trinajstić information content (AvgIpc) is 2.36. The SMILES string of the molecule is CNCC(C)CNc1ccnc2ccccc12. The molecule has 0 amide bonds. The molecule has 0 saturated heterocycles. The van der Waals surface area contributed by atoms with Crippen LogP contribution >= 0.6 is 0 Å². The van der Waals surface area contributed by atoms with Crippen molar-refractivity contribution >= 4 is 16.6 Å². The molecule has 90 valence electrons. The highest BCUT2D eigenvalue weighted by Gasteiger charge is 2.03. The zero-order valence-electron chi connectivity index (χ0n) is 10.4. The highest BCUT2D eigenvalue weighted by Crippen LogP contribution is 2.20. The minimum absolute atomic E-state index is 0.604. The van der Waals surface area contributed by atoms with Crippen LogP contribution in [0.2, 0.25) is 0 Å². The number of rotatable bonds is 5. The summed E-state index contributed by atoms with van der Waals surface area (Å²) in [6, 6.07) is 10.2. The van der Waals surface area contributed by atoms with E-state index < -0.39 is 0 Å². The Morgan fingerprint density at radius 3 is 2.82 bits per heavy atom. The molecule has 2 aromatic rings. The number of para-hydroxylation sites is 1. The van der Waals surface area contributed by atoms with E-state index >= 15 is 0 Å². The Morgan fingerprint density at radius 2 is 2.00 bits per heavy atom. The first-order valence-corrected chi connectivity index (χ1v) is 6.03. The second-order valence-corrected chi connectivity index (χ2v) is 4.42. The summed E-state index contributed by atoms with van der Waals surface area (Å²) in [7, 11) is 1.98. The van der Waals surface area contributed by atoms with E-state index in [9.17, 15) is 0 Å². The van der Waals surface area contributed by atoms with Gasteiger partial charge >= 0.3 is 0 Å². The molecule has 0 radical (unpaired) electrons. The Balaban J connectivity index is 2.13. The summed E-state index contributed by atoms with van der Waals surface area (Å²) < 4.78 is 0. The maximum atomic E-state index is 4.35. The normalized spacial score (nSPS) is 12.6. The van der Waals surface area contributed by atoms with Crippen LogP contribution in [0.5, 0.6) is 0 Å². The van der Waals surface area contributed by atoms with E-state index in [1.807, 2.05) is 37.5 Å². The molecule has 3 nitrogen and oxygen atoms in total. The van der Waals surface area contributed by atoms with Crippen LogP contribution in [-0.2, 0) is 0 Å². The van der Waals surface area contributed by atoms with Crippen molar-refractivity contribution in [1.29, 1.82) is 0 Å². The lowest BCUT2D eigenvalue weighted by Gasteiger charge is -2.14. The molecular formula is C14H19N3. The number of pyridine rings is 1. The van der Waals surface area contributed by atoms with E-state index in [1.54, 1.807) is 0 Å². The molecule has 1 aromatic heterocycles. The molecule has 1 unspecified atom stereocenters. The Kier molecular flexibility index (Phi) is 3.94. The maximum absolute atomic E-state index is 4.35. The average molecular weight is 229 g/mol. The number of nitrogens with zero attached hydrogens (tertiary/aromatic N) is 1. The quantitative estimate of drug-likeness (QED) is 0.827. The fourth-order valence-electron chi connectivity index (χ4n) is 1.95. The van der Waals surface area contributed by atoms with Crippen LogP contribution in [0.1, 0.15) is 6.92 Å². The molecule has 17 heavy (non-hydrogen) atoms. The summed E-state index contributed by atoms with van der Waals surface area (Å²) >= 11 is 0. The largest absolute Gasteiger partial charge is 0.384 e. The number of nitrogens with one attached hydrogen (secondary N) is 2. The summed E-state index contributed by atoms with van der Waals surface area (Å²) in [5, 5.41) is 7.87. The van der Waals surface area contributed by atoms with E-state index in [0.29, 0.717) is 5.92 Å². The van der Waals surface area contributed by atoms with Crippen molar-refractivity contribution in [2.24, 2.45) is 5.92 Å². The highest BCUT2D eigenvalue weighted by atomic mass is 14.9. The molecule has 0 bridgehead atoms. The predicted molar refractivity (Wildman–Crippen MR) is 73.3 cm³/mol. The zero-order chi connectivity index (χ0) is 12.1. The number of hydrogen-bond acceptors (Lipinski definition) is 3. The highest BCUT2D eigenvalue weighted by molar-refractivity contribution is 5.90. The van der Waals surface area contributed by atoms with Crippen molar-refractivity contribution < 1.29 is 0 Å². The monoisotopic (exact) mass is 229 g/mol. The van der Waals surface area contributed by atoms with Gasteiger partial charge in [-0.3, -0.25) is 4.98 Å². The Bertz CT molecular complexity index is 476. The summed E-state index contributed by atoms with van der Waals surface area (Å²) in [6.45, 7) is 4.22. The number of hydrogen-bond donors (Lipinski definition) is 2. The molecule has 0 saturated carbocycles. The minimum Gasteiger partial charge on any atom is -0.384 e. The van der Waals surface area contributed by atoms with E-state index in [0.717, 1.165) is 18.6 Å². The number of anilines is 1. The third-order valence-electron chi connectivity index (χ3n) is 2.84. The second-order valence-electron chi connectivity index (χ2n) is 4.42. The standard InChI is InChI=1S/C14H19N3/c1-11(9-15-2)10-17-14-7-8-16-13-6-4-3-5-12(13)14/h3-8,11,15H,9-10H2,1-2H3,(H,16,17). The number of benzene rings is 1. The predicted octanol–water partition coefficient (Wildman–Crippen LogP) is 2.50. The van der Waals surface area contributed by atoms with Crippen LogP contribution in [0.3, 0.4) is 0 Å². The van der Waals surface area contributed by atoms with E-state index in [-0.39, 0.29) is 0 Å². The van der Waals surface area contributed by atoms with Gasteiger partial charge in [-0.2, -0.15) is 0 Å². The first kappa shape index (κ1) is 11.9. The van der Waals surface area contributed by atoms with Gasteiger partial charge in [0.25, 0.3) is 0 Å². The van der Waals surface area contributed by atoms with Gasteiger partial charge in [0.1, 0.15) is 0 Å². The van der Waals surface area contributed by atoms with Gasteiger partial charge < -0.3 is 10.6 Å². The van der Waals surface area contributed by atoms with Crippen LogP contribution in [0, 0.1) is 5.92 Å². The zero-order valence-corrected chi connectivity index (χ0v) is 10.4. The maximum Gasteiger partial charge on any atom is 0.0722 e. The molecule has 3 heteroatoms. The molecule has 0 aliphatic heterocycles. The molecule has 1 aromatic carbocycles. The summed E-state index contributed by atoms with van der Waals surface area (Å²) in [5.41, 5.74) is 2.21. The number of aromatic nitrogens is 1. The van der Waals surface area contributed by atoms with Crippen molar-refractivity contribution in [3.8, 4) is 0 Å². The first-order valence-electron chi connectivity index (χ1n) is 6.03. The van der Waals surface area contributed by atoms with Gasteiger partial charge in [0.05, 0.1) is 5.52 Å². The van der Waals surface area contributed by atoms with Gasteiger partial charge in [0.2, 0.25) is 0 Å². The fourth-order valence-corrected chi connectivity index (χ4v) is 1.95. The van der Waals surface area contributed by atoms with Crippen LogP contribution in [0.15, 0.2) is 36.5 Å². The van der Waals surface area contributed by atoms with Crippen LogP contribution in [0.25, 0.3) is 10.9 Å². The molecule has 2 N–H and O–H groups in total. The molecule has 2 rings (SSSR count). The summed E-state index contributed by atoms with van der Waals surface area (Å²) in [4.78, 5) is 4.35. The topological polar surface area (TPSA) is 37.0 Å². The molecule has 1 heterocycles. The summed E-state index contributed by atoms with van der Waals surface area (Å²) in [6.07, 6.45) is 1.85. The van der Waals surface area contributed by atoms with Crippen LogP contribution in [0.4, 0.5) is 5.69 Å². The van der Waals surface area contributed by atoms with E-state index in [1.165, 1.54) is 11.1 Å². The van der Waals surface area contributed by atoms with Crippen LogP contribution in [-0.4, -0.2) is 25.1 Å². The van der Waals surface area contributed by atoms with Crippen molar-refractivity contribution in [3.05, 3.63) is 36.5 Å². The second kappa shape index (κ2) is 5.64. The van der Waals surface area contributed by atoms with Gasteiger partial charge in [0, 0.05) is 23.8 Å². The molecule has 0 fully saturated rings. The van der Waals surface area contributed by atoms with E-state index in [2.05, 4.69) is 28.6 Å². The lowest BCUT2D eigenvalue weighted by atomic mass is 10.1. The minimum atomic E-state index is 0.604. The third-order valence-corrected chi connectivity index (χ3v) is 2.84.